The summed E-state index contributed by atoms with van der Waals surface area (Å²) in [6.45, 7) is 0. The van der Waals surface area contributed by atoms with Crippen LogP contribution < -0.4 is 5.73 Å². The van der Waals surface area contributed by atoms with Gasteiger partial charge in [0, 0.05) is 6.20 Å². The van der Waals surface area contributed by atoms with E-state index in [2.05, 4.69) is 10.1 Å². The average molecular weight is 273 g/mol. The number of hydrogen-bond donors (Lipinski definition) is 1. The maximum absolute atomic E-state index is 13.9. The number of nitrogens with zero attached hydrogens (tertiary/aromatic N) is 2. The van der Waals surface area contributed by atoms with Gasteiger partial charge in [-0.15, -0.1) is 0 Å². The van der Waals surface area contributed by atoms with Crippen molar-refractivity contribution in [2.45, 2.75) is 0 Å². The SMILES string of the molecule is Nc1noc(-c2cccc(F)c2F)c1-c1ccccn1. The van der Waals surface area contributed by atoms with Crippen molar-refractivity contribution in [2.75, 3.05) is 5.73 Å². The highest BCUT2D eigenvalue weighted by Gasteiger charge is 2.22. The summed E-state index contributed by atoms with van der Waals surface area (Å²) in [4.78, 5) is 4.12. The van der Waals surface area contributed by atoms with Crippen LogP contribution in [0.15, 0.2) is 47.1 Å². The molecule has 0 bridgehead atoms. The van der Waals surface area contributed by atoms with E-state index in [1.807, 2.05) is 0 Å². The Hall–Kier alpha value is -2.76. The van der Waals surface area contributed by atoms with Crippen molar-refractivity contribution < 1.29 is 13.3 Å². The van der Waals surface area contributed by atoms with Gasteiger partial charge in [-0.05, 0) is 24.3 Å². The van der Waals surface area contributed by atoms with E-state index in [0.717, 1.165) is 6.07 Å². The summed E-state index contributed by atoms with van der Waals surface area (Å²) in [6, 6.07) is 8.97. The van der Waals surface area contributed by atoms with Gasteiger partial charge in [0.05, 0.1) is 16.8 Å². The lowest BCUT2D eigenvalue weighted by Crippen LogP contribution is -1.93. The zero-order valence-corrected chi connectivity index (χ0v) is 10.2. The highest BCUT2D eigenvalue weighted by atomic mass is 19.2. The van der Waals surface area contributed by atoms with Crippen LogP contribution in [-0.2, 0) is 0 Å². The molecular weight excluding hydrogens is 264 g/mol. The van der Waals surface area contributed by atoms with Gasteiger partial charge >= 0.3 is 0 Å². The van der Waals surface area contributed by atoms with Crippen molar-refractivity contribution in [3.63, 3.8) is 0 Å². The number of pyridine rings is 1. The Morgan fingerprint density at radius 1 is 1.05 bits per heavy atom. The molecule has 0 fully saturated rings. The number of aromatic nitrogens is 2. The van der Waals surface area contributed by atoms with E-state index in [0.29, 0.717) is 11.3 Å². The minimum Gasteiger partial charge on any atom is -0.380 e. The molecule has 4 nitrogen and oxygen atoms in total. The van der Waals surface area contributed by atoms with Gasteiger partial charge in [-0.25, -0.2) is 8.78 Å². The molecule has 20 heavy (non-hydrogen) atoms. The van der Waals surface area contributed by atoms with E-state index in [1.54, 1.807) is 24.4 Å². The molecule has 0 amide bonds. The number of nitrogens with two attached hydrogens (primary N) is 1. The maximum atomic E-state index is 13.9. The van der Waals surface area contributed by atoms with Crippen LogP contribution >= 0.6 is 0 Å². The summed E-state index contributed by atoms with van der Waals surface area (Å²) >= 11 is 0. The van der Waals surface area contributed by atoms with Crippen molar-refractivity contribution in [3.8, 4) is 22.6 Å². The normalized spacial score (nSPS) is 10.7. The zero-order valence-electron chi connectivity index (χ0n) is 10.2. The first kappa shape index (κ1) is 12.3. The lowest BCUT2D eigenvalue weighted by Gasteiger charge is -2.03. The number of rotatable bonds is 2. The average Bonchev–Trinajstić information content (AvgIpc) is 2.84. The first-order valence-electron chi connectivity index (χ1n) is 5.79. The minimum atomic E-state index is -1.01. The maximum Gasteiger partial charge on any atom is 0.181 e. The number of benzene rings is 1. The number of anilines is 1. The van der Waals surface area contributed by atoms with Crippen molar-refractivity contribution in [2.24, 2.45) is 0 Å². The summed E-state index contributed by atoms with van der Waals surface area (Å²) in [5, 5.41) is 3.61. The topological polar surface area (TPSA) is 64.9 Å². The third-order valence-corrected chi connectivity index (χ3v) is 2.84. The van der Waals surface area contributed by atoms with E-state index in [-0.39, 0.29) is 17.1 Å². The molecule has 0 unspecified atom stereocenters. The van der Waals surface area contributed by atoms with Crippen LogP contribution in [0.25, 0.3) is 22.6 Å². The van der Waals surface area contributed by atoms with E-state index < -0.39 is 11.6 Å². The molecule has 0 saturated heterocycles. The van der Waals surface area contributed by atoms with Gasteiger partial charge in [0.25, 0.3) is 0 Å². The van der Waals surface area contributed by atoms with E-state index in [1.165, 1.54) is 12.1 Å². The molecule has 100 valence electrons. The molecule has 6 heteroatoms. The molecule has 3 rings (SSSR count). The Morgan fingerprint density at radius 3 is 2.65 bits per heavy atom. The second kappa shape index (κ2) is 4.73. The van der Waals surface area contributed by atoms with E-state index in [4.69, 9.17) is 10.3 Å². The molecule has 2 N–H and O–H groups in total. The van der Waals surface area contributed by atoms with E-state index in [9.17, 15) is 8.78 Å². The zero-order chi connectivity index (χ0) is 14.1. The number of nitrogen functional groups attached to an aromatic ring is 1. The summed E-state index contributed by atoms with van der Waals surface area (Å²) in [6.07, 6.45) is 1.56. The van der Waals surface area contributed by atoms with Gasteiger partial charge in [0.2, 0.25) is 0 Å². The predicted octanol–water partition coefficient (Wildman–Crippen LogP) is 3.26. The van der Waals surface area contributed by atoms with Gasteiger partial charge in [-0.2, -0.15) is 0 Å². The third-order valence-electron chi connectivity index (χ3n) is 2.84. The minimum absolute atomic E-state index is 0.0464. The summed E-state index contributed by atoms with van der Waals surface area (Å²) in [5.41, 5.74) is 6.51. The molecule has 2 heterocycles. The smallest absolute Gasteiger partial charge is 0.181 e. The van der Waals surface area contributed by atoms with Crippen LogP contribution in [-0.4, -0.2) is 10.1 Å². The summed E-state index contributed by atoms with van der Waals surface area (Å²) in [7, 11) is 0. The molecule has 0 spiro atoms. The molecule has 2 aromatic heterocycles. The van der Waals surface area contributed by atoms with Crippen LogP contribution in [0, 0.1) is 11.6 Å². The molecule has 0 radical (unpaired) electrons. The molecule has 0 aliphatic heterocycles. The van der Waals surface area contributed by atoms with Gasteiger partial charge in [0.1, 0.15) is 0 Å². The highest BCUT2D eigenvalue weighted by molar-refractivity contribution is 5.84. The first-order chi connectivity index (χ1) is 9.68. The summed E-state index contributed by atoms with van der Waals surface area (Å²) < 4.78 is 32.2. The van der Waals surface area contributed by atoms with Crippen molar-refractivity contribution in [1.29, 1.82) is 0 Å². The van der Waals surface area contributed by atoms with Crippen LogP contribution in [0.1, 0.15) is 0 Å². The van der Waals surface area contributed by atoms with Crippen LogP contribution in [0.3, 0.4) is 0 Å². The van der Waals surface area contributed by atoms with Crippen molar-refractivity contribution >= 4 is 5.82 Å². The van der Waals surface area contributed by atoms with Gasteiger partial charge in [-0.1, -0.05) is 17.3 Å². The second-order valence-corrected chi connectivity index (χ2v) is 4.09. The second-order valence-electron chi connectivity index (χ2n) is 4.09. The fourth-order valence-electron chi connectivity index (χ4n) is 1.92. The molecule has 0 saturated carbocycles. The lowest BCUT2D eigenvalue weighted by molar-refractivity contribution is 0.430. The molecule has 0 atom stereocenters. The number of halogens is 2. The highest BCUT2D eigenvalue weighted by Crippen LogP contribution is 2.36. The van der Waals surface area contributed by atoms with Crippen molar-refractivity contribution in [1.82, 2.24) is 10.1 Å². The fourth-order valence-corrected chi connectivity index (χ4v) is 1.92. The lowest BCUT2D eigenvalue weighted by atomic mass is 10.0. The fraction of sp³-hybridized carbons (Fsp3) is 0. The quantitative estimate of drug-likeness (QED) is 0.778. The largest absolute Gasteiger partial charge is 0.380 e. The van der Waals surface area contributed by atoms with Crippen LogP contribution in [0.5, 0.6) is 0 Å². The van der Waals surface area contributed by atoms with E-state index >= 15 is 0 Å². The Kier molecular flexibility index (Phi) is 2.90. The molecule has 1 aromatic carbocycles. The Balaban J connectivity index is 2.24. The Labute approximate surface area is 112 Å². The Morgan fingerprint density at radius 2 is 1.90 bits per heavy atom. The van der Waals surface area contributed by atoms with Gasteiger partial charge in [0.15, 0.2) is 23.2 Å². The van der Waals surface area contributed by atoms with Gasteiger partial charge in [-0.3, -0.25) is 4.98 Å². The Bertz CT molecular complexity index is 756. The van der Waals surface area contributed by atoms with Crippen LogP contribution in [0.2, 0.25) is 0 Å². The molecule has 0 aliphatic rings. The molecule has 0 aliphatic carbocycles. The summed E-state index contributed by atoms with van der Waals surface area (Å²) in [5.74, 6) is -1.86. The molecule has 3 aromatic rings. The number of hydrogen-bond acceptors (Lipinski definition) is 4. The van der Waals surface area contributed by atoms with Gasteiger partial charge < -0.3 is 10.3 Å². The predicted molar refractivity (Wildman–Crippen MR) is 69.5 cm³/mol. The first-order valence-corrected chi connectivity index (χ1v) is 5.79. The monoisotopic (exact) mass is 273 g/mol. The standard InChI is InChI=1S/C14H9F2N3O/c15-9-5-3-4-8(12(9)16)13-11(14(17)19-20-13)10-6-1-2-7-18-10/h1-7H,(H2,17,19). The van der Waals surface area contributed by atoms with Crippen molar-refractivity contribution in [3.05, 3.63) is 54.2 Å². The third kappa shape index (κ3) is 1.91. The van der Waals surface area contributed by atoms with Crippen LogP contribution in [0.4, 0.5) is 14.6 Å². The molecular formula is C14H9F2N3O.